The molecule has 1 heterocycles. The minimum absolute atomic E-state index is 0.147. The van der Waals surface area contributed by atoms with Crippen LogP contribution in [0.2, 0.25) is 0 Å². The van der Waals surface area contributed by atoms with Crippen molar-refractivity contribution in [3.8, 4) is 5.75 Å². The van der Waals surface area contributed by atoms with Gasteiger partial charge >= 0.3 is 5.97 Å². The minimum Gasteiger partial charge on any atom is -0.467 e. The number of esters is 1. The smallest absolute Gasteiger partial charge is 0.338 e. The van der Waals surface area contributed by atoms with Gasteiger partial charge in [-0.05, 0) is 43.3 Å². The number of anilines is 1. The normalized spacial score (nSPS) is 12.6. The Bertz CT molecular complexity index is 856. The number of hydrogen-bond acceptors (Lipinski definition) is 6. The van der Waals surface area contributed by atoms with Crippen molar-refractivity contribution in [1.82, 2.24) is 0 Å². The summed E-state index contributed by atoms with van der Waals surface area (Å²) in [5, 5.41) is 2.71. The third-order valence-electron chi connectivity index (χ3n) is 3.92. The number of rotatable bonds is 7. The van der Waals surface area contributed by atoms with E-state index in [9.17, 15) is 14.0 Å². The van der Waals surface area contributed by atoms with Crippen LogP contribution in [0.25, 0.3) is 0 Å². The zero-order valence-electron chi connectivity index (χ0n) is 15.3. The van der Waals surface area contributed by atoms with E-state index in [4.69, 9.17) is 14.2 Å². The number of fused-ring (bicyclic) bond motifs is 1. The lowest BCUT2D eigenvalue weighted by molar-refractivity contribution is -0.113. The van der Waals surface area contributed by atoms with Gasteiger partial charge in [-0.3, -0.25) is 4.79 Å². The lowest BCUT2D eigenvalue weighted by Crippen LogP contribution is -2.16. The van der Waals surface area contributed by atoms with Crippen LogP contribution in [0.4, 0.5) is 10.1 Å². The maximum absolute atomic E-state index is 12.9. The summed E-state index contributed by atoms with van der Waals surface area (Å²) in [5.41, 5.74) is 2.56. The van der Waals surface area contributed by atoms with Gasteiger partial charge in [0.2, 0.25) is 5.91 Å². The molecular formula is C20H20FNO5S. The molecule has 0 radical (unpaired) electrons. The van der Waals surface area contributed by atoms with Gasteiger partial charge in [-0.25, -0.2) is 9.18 Å². The second-order valence-electron chi connectivity index (χ2n) is 6.00. The Balaban J connectivity index is 1.64. The molecule has 0 fully saturated rings. The summed E-state index contributed by atoms with van der Waals surface area (Å²) in [4.78, 5) is 24.2. The molecule has 6 nitrogen and oxygen atoms in total. The van der Waals surface area contributed by atoms with Gasteiger partial charge in [-0.2, -0.15) is 0 Å². The van der Waals surface area contributed by atoms with Crippen molar-refractivity contribution >= 4 is 29.3 Å². The van der Waals surface area contributed by atoms with Crippen molar-refractivity contribution in [3.05, 3.63) is 58.9 Å². The SMILES string of the molecule is CCOC(=O)c1cc2c(c(CSCC(=O)Nc3ccc(F)cc3)c1)OCOC2. The van der Waals surface area contributed by atoms with Crippen molar-refractivity contribution in [2.45, 2.75) is 19.3 Å². The Morgan fingerprint density at radius 2 is 2.04 bits per heavy atom. The first-order chi connectivity index (χ1) is 13.6. The number of nitrogens with one attached hydrogen (secondary N) is 1. The average molecular weight is 405 g/mol. The van der Waals surface area contributed by atoms with E-state index in [0.29, 0.717) is 29.4 Å². The number of benzene rings is 2. The van der Waals surface area contributed by atoms with E-state index in [0.717, 1.165) is 11.1 Å². The Morgan fingerprint density at radius 1 is 1.25 bits per heavy atom. The summed E-state index contributed by atoms with van der Waals surface area (Å²) in [6.07, 6.45) is 0. The molecule has 0 saturated carbocycles. The van der Waals surface area contributed by atoms with E-state index in [1.807, 2.05) is 0 Å². The van der Waals surface area contributed by atoms with Gasteiger partial charge in [-0.1, -0.05) is 0 Å². The van der Waals surface area contributed by atoms with Gasteiger partial charge in [0.05, 0.1) is 24.5 Å². The van der Waals surface area contributed by atoms with Crippen LogP contribution in [-0.4, -0.2) is 31.0 Å². The first kappa shape index (κ1) is 20.2. The third-order valence-corrected chi connectivity index (χ3v) is 4.90. The zero-order valence-corrected chi connectivity index (χ0v) is 16.1. The molecule has 0 aliphatic carbocycles. The standard InChI is InChI=1S/C20H20FNO5S/c1-2-26-20(24)13-7-14-9-25-12-27-19(14)15(8-13)10-28-11-18(23)22-17-5-3-16(21)4-6-17/h3-8H,2,9-12H2,1H3,(H,22,23). The van der Waals surface area contributed by atoms with Crippen LogP contribution in [0.5, 0.6) is 5.75 Å². The van der Waals surface area contributed by atoms with E-state index >= 15 is 0 Å². The Hall–Kier alpha value is -2.58. The summed E-state index contributed by atoms with van der Waals surface area (Å²) >= 11 is 1.38. The van der Waals surface area contributed by atoms with Crippen LogP contribution in [0.15, 0.2) is 36.4 Å². The van der Waals surface area contributed by atoms with E-state index in [1.54, 1.807) is 19.1 Å². The number of carbonyl (C=O) groups is 2. The van der Waals surface area contributed by atoms with Crippen molar-refractivity contribution < 1.29 is 28.2 Å². The van der Waals surface area contributed by atoms with Gasteiger partial charge in [0.25, 0.3) is 0 Å². The molecular weight excluding hydrogens is 385 g/mol. The van der Waals surface area contributed by atoms with Gasteiger partial charge in [0, 0.05) is 22.6 Å². The molecule has 1 aliphatic rings. The largest absolute Gasteiger partial charge is 0.467 e. The van der Waals surface area contributed by atoms with E-state index in [1.165, 1.54) is 36.0 Å². The highest BCUT2D eigenvalue weighted by Gasteiger charge is 2.20. The Kier molecular flexibility index (Phi) is 6.89. The molecule has 0 unspecified atom stereocenters. The summed E-state index contributed by atoms with van der Waals surface area (Å²) in [5.74, 6) is 0.402. The molecule has 2 aromatic carbocycles. The lowest BCUT2D eigenvalue weighted by Gasteiger charge is -2.21. The Labute approximate surface area is 166 Å². The van der Waals surface area contributed by atoms with Gasteiger partial charge in [0.15, 0.2) is 6.79 Å². The van der Waals surface area contributed by atoms with Crippen molar-refractivity contribution in [2.75, 3.05) is 24.5 Å². The molecule has 148 valence electrons. The first-order valence-electron chi connectivity index (χ1n) is 8.73. The molecule has 1 N–H and O–H groups in total. The molecule has 0 aromatic heterocycles. The molecule has 8 heteroatoms. The van der Waals surface area contributed by atoms with E-state index < -0.39 is 5.97 Å². The molecule has 0 spiro atoms. The fourth-order valence-electron chi connectivity index (χ4n) is 2.72. The lowest BCUT2D eigenvalue weighted by atomic mass is 10.0. The average Bonchev–Trinajstić information content (AvgIpc) is 2.69. The van der Waals surface area contributed by atoms with Gasteiger partial charge < -0.3 is 19.5 Å². The highest BCUT2D eigenvalue weighted by atomic mass is 32.2. The predicted octanol–water partition coefficient (Wildman–Crippen LogP) is 3.74. The number of thioether (sulfide) groups is 1. The number of carbonyl (C=O) groups excluding carboxylic acids is 2. The summed E-state index contributed by atoms with van der Waals surface area (Å²) in [6, 6.07) is 9.02. The number of hydrogen-bond donors (Lipinski definition) is 1. The molecule has 28 heavy (non-hydrogen) atoms. The summed E-state index contributed by atoms with van der Waals surface area (Å²) < 4.78 is 28.9. The second kappa shape index (κ2) is 9.57. The molecule has 2 aromatic rings. The van der Waals surface area contributed by atoms with Crippen LogP contribution in [0, 0.1) is 5.82 Å². The van der Waals surface area contributed by atoms with Crippen molar-refractivity contribution in [2.24, 2.45) is 0 Å². The van der Waals surface area contributed by atoms with Crippen molar-refractivity contribution in [3.63, 3.8) is 0 Å². The number of ether oxygens (including phenoxy) is 3. The van der Waals surface area contributed by atoms with Crippen LogP contribution in [-0.2, 0) is 26.6 Å². The topological polar surface area (TPSA) is 73.9 Å². The minimum atomic E-state index is -0.406. The van der Waals surface area contributed by atoms with Crippen molar-refractivity contribution in [1.29, 1.82) is 0 Å². The second-order valence-corrected chi connectivity index (χ2v) is 6.99. The molecule has 1 aliphatic heterocycles. The van der Waals surface area contributed by atoms with Crippen LogP contribution in [0.3, 0.4) is 0 Å². The van der Waals surface area contributed by atoms with Crippen LogP contribution >= 0.6 is 11.8 Å². The molecule has 1 amide bonds. The first-order valence-corrected chi connectivity index (χ1v) is 9.89. The Morgan fingerprint density at radius 3 is 2.79 bits per heavy atom. The molecule has 0 bridgehead atoms. The predicted molar refractivity (Wildman–Crippen MR) is 104 cm³/mol. The summed E-state index contributed by atoms with van der Waals surface area (Å²) in [6.45, 7) is 2.54. The quantitative estimate of drug-likeness (QED) is 0.708. The molecule has 0 atom stereocenters. The fourth-order valence-corrected chi connectivity index (χ4v) is 3.52. The monoisotopic (exact) mass is 405 g/mol. The highest BCUT2D eigenvalue weighted by molar-refractivity contribution is 7.99. The molecule has 0 saturated heterocycles. The van der Waals surface area contributed by atoms with Crippen LogP contribution in [0.1, 0.15) is 28.4 Å². The van der Waals surface area contributed by atoms with E-state index in [2.05, 4.69) is 5.32 Å². The van der Waals surface area contributed by atoms with Gasteiger partial charge in [-0.15, -0.1) is 11.8 Å². The summed E-state index contributed by atoms with van der Waals surface area (Å²) in [7, 11) is 0. The van der Waals surface area contributed by atoms with Gasteiger partial charge in [0.1, 0.15) is 11.6 Å². The van der Waals surface area contributed by atoms with Crippen LogP contribution < -0.4 is 10.1 Å². The van der Waals surface area contributed by atoms with E-state index in [-0.39, 0.29) is 30.9 Å². The maximum atomic E-state index is 12.9. The number of amides is 1. The molecule has 3 rings (SSSR count). The third kappa shape index (κ3) is 5.24. The number of halogens is 1. The zero-order chi connectivity index (χ0) is 19.9. The highest BCUT2D eigenvalue weighted by Crippen LogP contribution is 2.32. The fraction of sp³-hybridized carbons (Fsp3) is 0.300. The maximum Gasteiger partial charge on any atom is 0.338 e.